The number of imidazole rings is 1. The molecule has 1 aromatic carbocycles. The fourth-order valence-electron chi connectivity index (χ4n) is 3.37. The number of aliphatic hydroxyl groups is 1. The Labute approximate surface area is 183 Å². The number of hydrogen-bond acceptors (Lipinski definition) is 6. The molecule has 0 saturated carbocycles. The topological polar surface area (TPSA) is 186 Å². The summed E-state index contributed by atoms with van der Waals surface area (Å²) >= 11 is 0. The molecule has 0 radical (unpaired) electrons. The highest BCUT2D eigenvalue weighted by Gasteiger charge is 2.31. The van der Waals surface area contributed by atoms with E-state index in [9.17, 15) is 24.6 Å². The van der Waals surface area contributed by atoms with E-state index in [2.05, 4.69) is 25.6 Å². The average molecular weight is 442 g/mol. The lowest BCUT2D eigenvalue weighted by molar-refractivity contribution is -0.142. The molecule has 4 atom stereocenters. The SMILES string of the molecule is C[C@@H](O)[C@H](NC(=O)[C@@H](N)Cc1cnc[nH]1)C(=O)N[C@@H](Cc1c[nH]c2ccccc12)C(=O)O. The smallest absolute Gasteiger partial charge is 0.326 e. The van der Waals surface area contributed by atoms with Crippen molar-refractivity contribution in [2.45, 2.75) is 44.0 Å². The van der Waals surface area contributed by atoms with Crippen molar-refractivity contribution >= 4 is 28.7 Å². The van der Waals surface area contributed by atoms with Crippen LogP contribution in [0.1, 0.15) is 18.2 Å². The molecule has 11 nitrogen and oxygen atoms in total. The highest BCUT2D eigenvalue weighted by atomic mass is 16.4. The van der Waals surface area contributed by atoms with E-state index in [-0.39, 0.29) is 12.8 Å². The number of para-hydroxylation sites is 1. The van der Waals surface area contributed by atoms with Crippen LogP contribution in [0.4, 0.5) is 0 Å². The minimum absolute atomic E-state index is 0.0188. The van der Waals surface area contributed by atoms with Gasteiger partial charge in [0.2, 0.25) is 11.8 Å². The van der Waals surface area contributed by atoms with Crippen molar-refractivity contribution in [1.29, 1.82) is 0 Å². The highest BCUT2D eigenvalue weighted by molar-refractivity contribution is 5.92. The summed E-state index contributed by atoms with van der Waals surface area (Å²) < 4.78 is 0. The Morgan fingerprint density at radius 2 is 1.88 bits per heavy atom. The summed E-state index contributed by atoms with van der Waals surface area (Å²) in [5.41, 5.74) is 8.07. The fourth-order valence-corrected chi connectivity index (χ4v) is 3.37. The number of carboxylic acids is 1. The number of rotatable bonds is 10. The van der Waals surface area contributed by atoms with E-state index in [1.807, 2.05) is 24.3 Å². The van der Waals surface area contributed by atoms with Crippen molar-refractivity contribution in [3.63, 3.8) is 0 Å². The zero-order valence-electron chi connectivity index (χ0n) is 17.4. The van der Waals surface area contributed by atoms with Crippen LogP contribution in [0.2, 0.25) is 0 Å². The van der Waals surface area contributed by atoms with Gasteiger partial charge in [-0.2, -0.15) is 0 Å². The molecule has 0 unspecified atom stereocenters. The minimum atomic E-state index is -1.37. The predicted molar refractivity (Wildman–Crippen MR) is 115 cm³/mol. The van der Waals surface area contributed by atoms with Crippen molar-refractivity contribution in [3.8, 4) is 0 Å². The summed E-state index contributed by atoms with van der Waals surface area (Å²) in [5.74, 6) is -2.73. The molecule has 2 heterocycles. The second kappa shape index (κ2) is 10.1. The molecule has 8 N–H and O–H groups in total. The third-order valence-electron chi connectivity index (χ3n) is 5.11. The Hall–Kier alpha value is -3.70. The number of carboxylic acid groups (broad SMARTS) is 1. The third kappa shape index (κ3) is 5.50. The number of hydrogen-bond donors (Lipinski definition) is 7. The number of nitrogens with two attached hydrogens (primary N) is 1. The number of aromatic nitrogens is 3. The lowest BCUT2D eigenvalue weighted by atomic mass is 10.0. The van der Waals surface area contributed by atoms with E-state index in [1.165, 1.54) is 19.4 Å². The molecule has 32 heavy (non-hydrogen) atoms. The van der Waals surface area contributed by atoms with Gasteiger partial charge in [0.1, 0.15) is 12.1 Å². The maximum Gasteiger partial charge on any atom is 0.326 e. The van der Waals surface area contributed by atoms with E-state index in [1.54, 1.807) is 6.20 Å². The molecule has 3 rings (SSSR count). The van der Waals surface area contributed by atoms with E-state index < -0.39 is 42.0 Å². The maximum atomic E-state index is 12.8. The summed E-state index contributed by atoms with van der Waals surface area (Å²) in [6, 6.07) is 3.76. The second-order valence-electron chi connectivity index (χ2n) is 7.58. The van der Waals surface area contributed by atoms with Gasteiger partial charge in [-0.1, -0.05) is 18.2 Å². The van der Waals surface area contributed by atoms with Crippen molar-refractivity contribution < 1.29 is 24.6 Å². The predicted octanol–water partition coefficient (Wildman–Crippen LogP) is -0.561. The standard InChI is InChI=1S/C21H26N6O5/c1-11(28)18(27-19(29)15(22)7-13-9-23-10-25-13)20(30)26-17(21(31)32)6-12-8-24-16-5-3-2-4-14(12)16/h2-5,8-11,15,17-18,24,28H,6-7,22H2,1H3,(H,23,25)(H,26,30)(H,27,29)(H,31,32)/t11-,15+,17+,18+/m1/s1. The van der Waals surface area contributed by atoms with E-state index in [0.29, 0.717) is 11.3 Å². The fraction of sp³-hybridized carbons (Fsp3) is 0.333. The van der Waals surface area contributed by atoms with Crippen LogP contribution in [-0.2, 0) is 27.2 Å². The number of nitrogens with zero attached hydrogens (tertiary/aromatic N) is 1. The average Bonchev–Trinajstić information content (AvgIpc) is 3.41. The number of nitrogens with one attached hydrogen (secondary N) is 4. The molecule has 0 fully saturated rings. The lowest BCUT2D eigenvalue weighted by Crippen LogP contribution is -2.58. The summed E-state index contributed by atoms with van der Waals surface area (Å²) in [5, 5.41) is 25.3. The molecule has 3 aromatic rings. The minimum Gasteiger partial charge on any atom is -0.480 e. The summed E-state index contributed by atoms with van der Waals surface area (Å²) in [6.07, 6.45) is 3.55. The first-order chi connectivity index (χ1) is 15.3. The van der Waals surface area contributed by atoms with E-state index >= 15 is 0 Å². The number of fused-ring (bicyclic) bond motifs is 1. The van der Waals surface area contributed by atoms with Crippen LogP contribution >= 0.6 is 0 Å². The third-order valence-corrected chi connectivity index (χ3v) is 5.11. The summed E-state index contributed by atoms with van der Waals surface area (Å²) in [6.45, 7) is 1.32. The van der Waals surface area contributed by atoms with Crippen LogP contribution in [0.5, 0.6) is 0 Å². The Balaban J connectivity index is 1.67. The highest BCUT2D eigenvalue weighted by Crippen LogP contribution is 2.19. The van der Waals surface area contributed by atoms with Crippen LogP contribution in [0.15, 0.2) is 43.0 Å². The first-order valence-electron chi connectivity index (χ1n) is 10.1. The molecule has 2 amide bonds. The number of carbonyl (C=O) groups excluding carboxylic acids is 2. The van der Waals surface area contributed by atoms with Gasteiger partial charge in [0.15, 0.2) is 0 Å². The molecule has 0 spiro atoms. The van der Waals surface area contributed by atoms with E-state index in [0.717, 1.165) is 10.9 Å². The molecule has 170 valence electrons. The monoisotopic (exact) mass is 442 g/mol. The lowest BCUT2D eigenvalue weighted by Gasteiger charge is -2.24. The van der Waals surface area contributed by atoms with Crippen LogP contribution in [0, 0.1) is 0 Å². The number of benzene rings is 1. The van der Waals surface area contributed by atoms with E-state index in [4.69, 9.17) is 5.73 Å². The first-order valence-corrected chi connectivity index (χ1v) is 10.1. The first kappa shape index (κ1) is 23.0. The van der Waals surface area contributed by atoms with Gasteiger partial charge in [-0.3, -0.25) is 9.59 Å². The van der Waals surface area contributed by atoms with Crippen LogP contribution < -0.4 is 16.4 Å². The van der Waals surface area contributed by atoms with Gasteiger partial charge in [-0.15, -0.1) is 0 Å². The van der Waals surface area contributed by atoms with Gasteiger partial charge >= 0.3 is 5.97 Å². The van der Waals surface area contributed by atoms with Crippen molar-refractivity contribution in [1.82, 2.24) is 25.6 Å². The summed E-state index contributed by atoms with van der Waals surface area (Å²) in [4.78, 5) is 46.7. The van der Waals surface area contributed by atoms with Gasteiger partial charge in [-0.25, -0.2) is 9.78 Å². The maximum absolute atomic E-state index is 12.8. The van der Waals surface area contributed by atoms with Gasteiger partial charge in [-0.05, 0) is 18.6 Å². The van der Waals surface area contributed by atoms with Gasteiger partial charge < -0.3 is 36.5 Å². The zero-order chi connectivity index (χ0) is 23.3. The number of aliphatic carboxylic acids is 1. The number of aromatic amines is 2. The molecule has 0 saturated heterocycles. The number of carbonyl (C=O) groups is 3. The largest absolute Gasteiger partial charge is 0.480 e. The normalized spacial score (nSPS) is 15.0. The molecular weight excluding hydrogens is 416 g/mol. The van der Waals surface area contributed by atoms with Gasteiger partial charge in [0, 0.05) is 41.8 Å². The molecule has 0 aliphatic carbocycles. The molecule has 0 aliphatic heterocycles. The van der Waals surface area contributed by atoms with Gasteiger partial charge in [0.05, 0.1) is 18.5 Å². The Morgan fingerprint density at radius 3 is 2.53 bits per heavy atom. The van der Waals surface area contributed by atoms with Crippen molar-refractivity contribution in [2.24, 2.45) is 5.73 Å². The van der Waals surface area contributed by atoms with Crippen molar-refractivity contribution in [2.75, 3.05) is 0 Å². The number of aliphatic hydroxyl groups excluding tert-OH is 1. The number of H-pyrrole nitrogens is 2. The molecule has 11 heteroatoms. The van der Waals surface area contributed by atoms with Gasteiger partial charge in [0.25, 0.3) is 0 Å². The molecule has 0 aliphatic rings. The Bertz CT molecular complexity index is 1080. The second-order valence-corrected chi connectivity index (χ2v) is 7.58. The van der Waals surface area contributed by atoms with Crippen LogP contribution in [0.3, 0.4) is 0 Å². The molecular formula is C21H26N6O5. The summed E-state index contributed by atoms with van der Waals surface area (Å²) in [7, 11) is 0. The van der Waals surface area contributed by atoms with Crippen LogP contribution in [0.25, 0.3) is 10.9 Å². The van der Waals surface area contributed by atoms with Crippen LogP contribution in [-0.4, -0.2) is 67.2 Å². The Kier molecular flexibility index (Phi) is 7.23. The zero-order valence-corrected chi connectivity index (χ0v) is 17.4. The molecule has 0 bridgehead atoms. The Morgan fingerprint density at radius 1 is 1.12 bits per heavy atom. The number of amides is 2. The molecule has 2 aromatic heterocycles. The van der Waals surface area contributed by atoms with Crippen molar-refractivity contribution in [3.05, 3.63) is 54.2 Å². The quantitative estimate of drug-likeness (QED) is 0.219.